The summed E-state index contributed by atoms with van der Waals surface area (Å²) in [6, 6.07) is 5.27. The molecule has 2 N–H and O–H groups in total. The Morgan fingerprint density at radius 3 is 2.92 bits per heavy atom. The van der Waals surface area contributed by atoms with Crippen molar-refractivity contribution in [2.45, 2.75) is 19.1 Å². The van der Waals surface area contributed by atoms with Crippen molar-refractivity contribution in [2.24, 2.45) is 10.3 Å². The summed E-state index contributed by atoms with van der Waals surface area (Å²) in [5, 5.41) is 10.2. The fourth-order valence-electron chi connectivity index (χ4n) is 2.49. The first-order chi connectivity index (χ1) is 12.5. The number of oxime groups is 1. The van der Waals surface area contributed by atoms with E-state index in [0.717, 1.165) is 17.3 Å². The lowest BCUT2D eigenvalue weighted by Crippen LogP contribution is -2.29. The average Bonchev–Trinajstić information content (AvgIpc) is 2.90. The van der Waals surface area contributed by atoms with Crippen molar-refractivity contribution in [1.82, 2.24) is 5.43 Å². The molecule has 0 spiro atoms. The molecular weight excluding hydrogens is 360 g/mol. The fourth-order valence-corrected chi connectivity index (χ4v) is 3.21. The largest absolute Gasteiger partial charge is 0.463 e. The van der Waals surface area contributed by atoms with Crippen molar-refractivity contribution >= 4 is 46.0 Å². The molecule has 1 atom stereocenters. The van der Waals surface area contributed by atoms with Gasteiger partial charge in [-0.15, -0.1) is 0 Å². The molecule has 0 saturated carbocycles. The van der Waals surface area contributed by atoms with Crippen LogP contribution >= 0.6 is 11.8 Å². The third kappa shape index (κ3) is 3.69. The quantitative estimate of drug-likeness (QED) is 0.593. The minimum absolute atomic E-state index is 0.0619. The maximum atomic E-state index is 12.1. The van der Waals surface area contributed by atoms with Gasteiger partial charge in [0, 0.05) is 5.56 Å². The Kier molecular flexibility index (Phi) is 5.21. The number of hydrogen-bond acceptors (Lipinski definition) is 8. The zero-order valence-corrected chi connectivity index (χ0v) is 14.9. The summed E-state index contributed by atoms with van der Waals surface area (Å²) in [7, 11) is 0. The van der Waals surface area contributed by atoms with Gasteiger partial charge in [0.2, 0.25) is 6.61 Å². The van der Waals surface area contributed by atoms with Crippen molar-refractivity contribution in [3.63, 3.8) is 0 Å². The Morgan fingerprint density at radius 1 is 1.38 bits per heavy atom. The Bertz CT molecular complexity index is 836. The number of benzene rings is 1. The van der Waals surface area contributed by atoms with Crippen LogP contribution in [0.25, 0.3) is 0 Å². The molecule has 136 valence electrons. The van der Waals surface area contributed by atoms with Gasteiger partial charge < -0.3 is 14.9 Å². The summed E-state index contributed by atoms with van der Waals surface area (Å²) >= 11 is 1.13. The Balaban J connectivity index is 1.84. The van der Waals surface area contributed by atoms with Gasteiger partial charge in [-0.05, 0) is 31.5 Å². The molecule has 2 amide bonds. The van der Waals surface area contributed by atoms with E-state index >= 15 is 0 Å². The van der Waals surface area contributed by atoms with Crippen LogP contribution in [-0.2, 0) is 19.2 Å². The van der Waals surface area contributed by atoms with Crippen LogP contribution in [0.3, 0.4) is 0 Å². The summed E-state index contributed by atoms with van der Waals surface area (Å²) in [4.78, 5) is 39.7. The van der Waals surface area contributed by atoms with Crippen LogP contribution in [0.2, 0.25) is 0 Å². The van der Waals surface area contributed by atoms with E-state index in [1.54, 1.807) is 25.1 Å². The molecular formula is C16H16N4O5S. The van der Waals surface area contributed by atoms with Crippen LogP contribution in [-0.4, -0.2) is 47.0 Å². The molecule has 0 saturated heterocycles. The van der Waals surface area contributed by atoms with Crippen LogP contribution in [0.15, 0.2) is 28.5 Å². The number of ether oxygens (including phenoxy) is 1. The number of nitrogens with zero attached hydrogens (tertiary/aromatic N) is 2. The molecule has 0 fully saturated rings. The minimum atomic E-state index is -0.567. The molecule has 2 aliphatic heterocycles. The minimum Gasteiger partial charge on any atom is -0.463 e. The van der Waals surface area contributed by atoms with Crippen LogP contribution < -0.4 is 10.7 Å². The fraction of sp³-hybridized carbons (Fsp3) is 0.312. The van der Waals surface area contributed by atoms with Gasteiger partial charge in [0.05, 0.1) is 23.3 Å². The SMILES string of the molecule is CCOC(=O)CON=C1C(=O)Nc2ccc(C3=NNC(=O)SC3C)cc21. The highest BCUT2D eigenvalue weighted by molar-refractivity contribution is 8.14. The number of fused-ring (bicyclic) bond motifs is 1. The number of carbonyl (C=O) groups is 3. The van der Waals surface area contributed by atoms with Gasteiger partial charge in [-0.25, -0.2) is 10.2 Å². The Morgan fingerprint density at radius 2 is 2.19 bits per heavy atom. The number of amides is 2. The van der Waals surface area contributed by atoms with E-state index in [2.05, 4.69) is 21.0 Å². The molecule has 2 heterocycles. The smallest absolute Gasteiger partial charge is 0.347 e. The highest BCUT2D eigenvalue weighted by Crippen LogP contribution is 2.28. The van der Waals surface area contributed by atoms with Crippen molar-refractivity contribution < 1.29 is 24.0 Å². The van der Waals surface area contributed by atoms with Crippen molar-refractivity contribution in [2.75, 3.05) is 18.5 Å². The number of rotatable bonds is 5. The second kappa shape index (κ2) is 7.56. The van der Waals surface area contributed by atoms with E-state index in [9.17, 15) is 14.4 Å². The molecule has 1 aromatic carbocycles. The first-order valence-corrected chi connectivity index (χ1v) is 8.73. The van der Waals surface area contributed by atoms with Gasteiger partial charge >= 0.3 is 5.97 Å². The number of thioether (sulfide) groups is 1. The van der Waals surface area contributed by atoms with Crippen LogP contribution in [0.4, 0.5) is 10.5 Å². The lowest BCUT2D eigenvalue weighted by atomic mass is 10.0. The molecule has 10 heteroatoms. The van der Waals surface area contributed by atoms with E-state index in [4.69, 9.17) is 9.57 Å². The number of anilines is 1. The summed E-state index contributed by atoms with van der Waals surface area (Å²) in [6.45, 7) is 3.41. The maximum Gasteiger partial charge on any atom is 0.347 e. The maximum absolute atomic E-state index is 12.1. The topological polar surface area (TPSA) is 118 Å². The predicted molar refractivity (Wildman–Crippen MR) is 96.3 cm³/mol. The molecule has 3 rings (SSSR count). The summed E-state index contributed by atoms with van der Waals surface area (Å²) in [6.07, 6.45) is 0. The summed E-state index contributed by atoms with van der Waals surface area (Å²) in [5.41, 5.74) is 5.04. The molecule has 1 unspecified atom stereocenters. The predicted octanol–water partition coefficient (Wildman–Crippen LogP) is 1.47. The number of hydrogen-bond donors (Lipinski definition) is 2. The molecule has 9 nitrogen and oxygen atoms in total. The second-order valence-electron chi connectivity index (χ2n) is 5.39. The second-order valence-corrected chi connectivity index (χ2v) is 6.70. The van der Waals surface area contributed by atoms with Crippen molar-refractivity contribution in [3.05, 3.63) is 29.3 Å². The zero-order valence-electron chi connectivity index (χ0n) is 14.1. The van der Waals surface area contributed by atoms with Gasteiger partial charge in [-0.3, -0.25) is 9.59 Å². The summed E-state index contributed by atoms with van der Waals surface area (Å²) < 4.78 is 4.74. The first kappa shape index (κ1) is 17.9. The van der Waals surface area contributed by atoms with Gasteiger partial charge in [-0.1, -0.05) is 23.0 Å². The molecule has 1 aromatic rings. The number of nitrogens with one attached hydrogen (secondary N) is 2. The number of esters is 1. The van der Waals surface area contributed by atoms with E-state index in [1.165, 1.54) is 0 Å². The van der Waals surface area contributed by atoms with E-state index in [0.29, 0.717) is 17.0 Å². The molecule has 0 radical (unpaired) electrons. The highest BCUT2D eigenvalue weighted by Gasteiger charge is 2.29. The van der Waals surface area contributed by atoms with E-state index in [1.807, 2.05) is 6.92 Å². The molecule has 26 heavy (non-hydrogen) atoms. The first-order valence-electron chi connectivity index (χ1n) is 7.85. The van der Waals surface area contributed by atoms with Gasteiger partial charge in [0.15, 0.2) is 5.71 Å². The van der Waals surface area contributed by atoms with Crippen LogP contribution in [0.5, 0.6) is 0 Å². The van der Waals surface area contributed by atoms with Crippen LogP contribution in [0, 0.1) is 0 Å². The van der Waals surface area contributed by atoms with Crippen molar-refractivity contribution in [1.29, 1.82) is 0 Å². The van der Waals surface area contributed by atoms with Crippen LogP contribution in [0.1, 0.15) is 25.0 Å². The lowest BCUT2D eigenvalue weighted by Gasteiger charge is -2.18. The molecule has 0 bridgehead atoms. The molecule has 2 aliphatic rings. The summed E-state index contributed by atoms with van der Waals surface area (Å²) in [5.74, 6) is -0.996. The number of hydrazone groups is 1. The third-order valence-electron chi connectivity index (χ3n) is 3.61. The van der Waals surface area contributed by atoms with Gasteiger partial charge in [-0.2, -0.15) is 5.10 Å². The Hall–Kier alpha value is -2.88. The molecule has 0 aliphatic carbocycles. The molecule has 0 aromatic heterocycles. The van der Waals surface area contributed by atoms with Gasteiger partial charge in [0.25, 0.3) is 11.1 Å². The normalized spacial score (nSPS) is 20.2. The standard InChI is InChI=1S/C16H16N4O5S/c1-3-24-12(21)7-25-20-14-10-6-9(4-5-11(10)17-15(14)22)13-8(2)26-16(23)19-18-13/h4-6,8H,3,7H2,1-2H3,(H,19,23)(H,17,20,22). The lowest BCUT2D eigenvalue weighted by molar-refractivity contribution is -0.148. The third-order valence-corrected chi connectivity index (χ3v) is 4.50. The van der Waals surface area contributed by atoms with E-state index in [-0.39, 0.29) is 29.4 Å². The highest BCUT2D eigenvalue weighted by atomic mass is 32.2. The number of carbonyl (C=O) groups excluding carboxylic acids is 3. The Labute approximate surface area is 153 Å². The zero-order chi connectivity index (χ0) is 18.7. The average molecular weight is 376 g/mol. The monoisotopic (exact) mass is 376 g/mol. The van der Waals surface area contributed by atoms with E-state index < -0.39 is 11.9 Å². The van der Waals surface area contributed by atoms with Crippen molar-refractivity contribution in [3.8, 4) is 0 Å². The van der Waals surface area contributed by atoms with Gasteiger partial charge in [0.1, 0.15) is 0 Å².